The maximum atomic E-state index is 2.42. The summed E-state index contributed by atoms with van der Waals surface area (Å²) in [7, 11) is -4.87. The van der Waals surface area contributed by atoms with Crippen molar-refractivity contribution < 1.29 is 0 Å². The van der Waals surface area contributed by atoms with Gasteiger partial charge in [0.15, 0.2) is 16.1 Å². The summed E-state index contributed by atoms with van der Waals surface area (Å²) in [5.74, 6) is 0. The monoisotopic (exact) mass is 864 g/mol. The van der Waals surface area contributed by atoms with Crippen LogP contribution in [0.3, 0.4) is 0 Å². The molecule has 16 rings (SSSR count). The van der Waals surface area contributed by atoms with Crippen LogP contribution in [0.1, 0.15) is 0 Å². The van der Waals surface area contributed by atoms with Gasteiger partial charge in [-0.1, -0.05) is 243 Å². The van der Waals surface area contributed by atoms with E-state index in [1.807, 2.05) is 0 Å². The van der Waals surface area contributed by atoms with E-state index in [2.05, 4.69) is 243 Å². The highest BCUT2D eigenvalue weighted by atomic mass is 28.3. The van der Waals surface area contributed by atoms with Crippen LogP contribution < -0.4 is 41.5 Å². The average molecular weight is 865 g/mol. The molecule has 0 bridgehead atoms. The predicted molar refractivity (Wildman–Crippen MR) is 286 cm³/mol. The highest BCUT2D eigenvalue weighted by molar-refractivity contribution is 7.26. The molecule has 0 amide bonds. The van der Waals surface area contributed by atoms with Crippen molar-refractivity contribution in [2.75, 3.05) is 0 Å². The molecule has 4 heterocycles. The first-order valence-corrected chi connectivity index (χ1v) is 27.3. The maximum absolute atomic E-state index is 2.43. The van der Waals surface area contributed by atoms with Crippen molar-refractivity contribution in [2.45, 2.75) is 0 Å². The Morgan fingerprint density at radius 1 is 0.167 bits per heavy atom. The Labute approximate surface area is 385 Å². The Kier molecular flexibility index (Phi) is 7.37. The van der Waals surface area contributed by atoms with Crippen LogP contribution in [0.25, 0.3) is 87.6 Å². The molecule has 0 unspecified atom stereocenters. The van der Waals surface area contributed by atoms with Gasteiger partial charge in [0.1, 0.15) is 0 Å². The Morgan fingerprint density at radius 2 is 0.364 bits per heavy atom. The lowest BCUT2D eigenvalue weighted by molar-refractivity contribution is 1.71. The summed E-state index contributed by atoms with van der Waals surface area (Å²) in [5.41, 5.74) is 11.4. The smallest absolute Gasteiger partial charge is 0.0623 e. The molecule has 0 atom stereocenters. The van der Waals surface area contributed by atoms with Crippen molar-refractivity contribution in [3.8, 4) is 44.5 Å². The third-order valence-electron chi connectivity index (χ3n) is 15.7. The molecule has 4 aliphatic heterocycles. The summed E-state index contributed by atoms with van der Waals surface area (Å²) in [5, 5.41) is 23.4. The standard InChI is InChI=1S/2C32H20Si/c2*1-3-15-25-21(11-1)22-12-2-4-16-26(22)32-31(25)27-17-7-10-20-30(27)33(32)28-18-8-5-13-23(28)24-14-6-9-19-29(24)33/h2*1-20H. The van der Waals surface area contributed by atoms with Crippen molar-refractivity contribution in [1.29, 1.82) is 0 Å². The fourth-order valence-corrected chi connectivity index (χ4v) is 25.2. The van der Waals surface area contributed by atoms with Crippen molar-refractivity contribution in [2.24, 2.45) is 0 Å². The Morgan fingerprint density at radius 3 is 0.667 bits per heavy atom. The van der Waals surface area contributed by atoms with Gasteiger partial charge in [-0.05, 0) is 129 Å². The molecule has 0 fully saturated rings. The van der Waals surface area contributed by atoms with Crippen LogP contribution >= 0.6 is 0 Å². The van der Waals surface area contributed by atoms with Crippen LogP contribution in [0.4, 0.5) is 0 Å². The Bertz CT molecular complexity index is 3730. The molecule has 12 aromatic rings. The van der Waals surface area contributed by atoms with Gasteiger partial charge in [-0.15, -0.1) is 0 Å². The van der Waals surface area contributed by atoms with E-state index in [1.54, 1.807) is 20.7 Å². The predicted octanol–water partition coefficient (Wildman–Crippen LogP) is 10.7. The molecule has 0 aromatic heterocycles. The normalized spacial score (nSPS) is 14.3. The highest BCUT2D eigenvalue weighted by Crippen LogP contribution is 2.44. The van der Waals surface area contributed by atoms with Gasteiger partial charge in [0.05, 0.1) is 0 Å². The minimum absolute atomic E-state index is 1.35. The van der Waals surface area contributed by atoms with Gasteiger partial charge in [-0.2, -0.15) is 0 Å². The van der Waals surface area contributed by atoms with Crippen molar-refractivity contribution in [1.82, 2.24) is 0 Å². The zero-order valence-electron chi connectivity index (χ0n) is 36.1. The molecule has 0 saturated heterocycles. The van der Waals surface area contributed by atoms with Crippen LogP contribution in [0.5, 0.6) is 0 Å². The van der Waals surface area contributed by atoms with E-state index >= 15 is 0 Å². The molecule has 0 nitrogen and oxygen atoms in total. The fourth-order valence-electron chi connectivity index (χ4n) is 13.5. The molecule has 0 aliphatic carbocycles. The second-order valence-corrected chi connectivity index (χ2v) is 25.7. The molecule has 66 heavy (non-hydrogen) atoms. The van der Waals surface area contributed by atoms with Gasteiger partial charge in [0, 0.05) is 0 Å². The highest BCUT2D eigenvalue weighted by Gasteiger charge is 2.56. The molecular weight excluding hydrogens is 825 g/mol. The molecule has 2 heteroatoms. The molecule has 0 N–H and O–H groups in total. The van der Waals surface area contributed by atoms with E-state index < -0.39 is 16.1 Å². The summed E-state index contributed by atoms with van der Waals surface area (Å²) >= 11 is 0. The summed E-state index contributed by atoms with van der Waals surface area (Å²) in [6.45, 7) is 0. The molecule has 0 saturated carbocycles. The summed E-state index contributed by atoms with van der Waals surface area (Å²) in [6.07, 6.45) is 0. The van der Waals surface area contributed by atoms with Crippen LogP contribution in [0.15, 0.2) is 243 Å². The van der Waals surface area contributed by atoms with Crippen LogP contribution in [-0.2, 0) is 0 Å². The first-order valence-electron chi connectivity index (χ1n) is 23.3. The third kappa shape index (κ3) is 4.34. The average Bonchev–Trinajstić information content (AvgIpc) is 4.09. The second-order valence-electron chi connectivity index (χ2n) is 18.5. The lowest BCUT2D eigenvalue weighted by Gasteiger charge is -2.29. The largest absolute Gasteiger partial charge is 0.182 e. The zero-order valence-corrected chi connectivity index (χ0v) is 38.1. The number of benzene rings is 12. The Hall–Kier alpha value is -7.89. The van der Waals surface area contributed by atoms with Crippen molar-refractivity contribution in [3.05, 3.63) is 243 Å². The van der Waals surface area contributed by atoms with E-state index in [9.17, 15) is 0 Å². The topological polar surface area (TPSA) is 0 Å². The summed E-state index contributed by atoms with van der Waals surface area (Å²) in [4.78, 5) is 0. The van der Waals surface area contributed by atoms with Crippen LogP contribution in [-0.4, -0.2) is 16.1 Å². The van der Waals surface area contributed by atoms with Gasteiger partial charge in [0.25, 0.3) is 0 Å². The lowest BCUT2D eigenvalue weighted by Crippen LogP contribution is -2.70. The minimum Gasteiger partial charge on any atom is -0.0623 e. The fraction of sp³-hybridized carbons (Fsp3) is 0. The molecule has 304 valence electrons. The van der Waals surface area contributed by atoms with Crippen LogP contribution in [0, 0.1) is 0 Å². The van der Waals surface area contributed by atoms with E-state index in [4.69, 9.17) is 0 Å². The number of rotatable bonds is 0. The first-order chi connectivity index (χ1) is 32.8. The van der Waals surface area contributed by atoms with Crippen molar-refractivity contribution in [3.63, 3.8) is 0 Å². The molecule has 12 aromatic carbocycles. The van der Waals surface area contributed by atoms with Gasteiger partial charge < -0.3 is 0 Å². The number of hydrogen-bond acceptors (Lipinski definition) is 0. The van der Waals surface area contributed by atoms with Gasteiger partial charge in [-0.3, -0.25) is 0 Å². The second kappa shape index (κ2) is 13.3. The SMILES string of the molecule is c1ccc2c(c1)-c1ccccc1[Si]21c2ccccc2-c2c1c1ccccc1c1ccccc21.c1ccc2c(c1)-c1ccccc1[Si]21c2ccccc2-c2c1c1ccccc1c1ccccc21. The summed E-state index contributed by atoms with van der Waals surface area (Å²) in [6, 6.07) is 91.4. The van der Waals surface area contributed by atoms with Crippen molar-refractivity contribution >= 4 is 101 Å². The first kappa shape index (κ1) is 36.5. The molecule has 2 spiro atoms. The van der Waals surface area contributed by atoms with E-state index in [0.29, 0.717) is 0 Å². The minimum atomic E-state index is -2.43. The van der Waals surface area contributed by atoms with Gasteiger partial charge in [0.2, 0.25) is 0 Å². The maximum Gasteiger partial charge on any atom is 0.182 e. The Balaban J connectivity index is 0.000000121. The van der Waals surface area contributed by atoms with Gasteiger partial charge >= 0.3 is 0 Å². The number of fused-ring (bicyclic) bond motifs is 30. The summed E-state index contributed by atoms with van der Waals surface area (Å²) < 4.78 is 0. The van der Waals surface area contributed by atoms with E-state index in [1.165, 1.54) is 108 Å². The lowest BCUT2D eigenvalue weighted by atomic mass is 9.93. The molecule has 4 aliphatic rings. The number of hydrogen-bond donors (Lipinski definition) is 0. The van der Waals surface area contributed by atoms with Gasteiger partial charge in [-0.25, -0.2) is 0 Å². The third-order valence-corrected chi connectivity index (χ3v) is 25.7. The van der Waals surface area contributed by atoms with E-state index in [0.717, 1.165) is 0 Å². The zero-order chi connectivity index (χ0) is 43.1. The van der Waals surface area contributed by atoms with E-state index in [-0.39, 0.29) is 0 Å². The molecular formula is C64H40Si2. The van der Waals surface area contributed by atoms with Crippen LogP contribution in [0.2, 0.25) is 0 Å². The quantitative estimate of drug-likeness (QED) is 0.105. The molecule has 0 radical (unpaired) electrons.